The summed E-state index contributed by atoms with van der Waals surface area (Å²) in [7, 11) is 0. The van der Waals surface area contributed by atoms with Crippen LogP contribution in [0.3, 0.4) is 0 Å². The van der Waals surface area contributed by atoms with E-state index in [1.54, 1.807) is 12.1 Å². The van der Waals surface area contributed by atoms with Crippen LogP contribution in [0.2, 0.25) is 0 Å². The van der Waals surface area contributed by atoms with Gasteiger partial charge in [-0.05, 0) is 44.0 Å². The molecule has 2 amide bonds. The predicted molar refractivity (Wildman–Crippen MR) is 93.7 cm³/mol. The van der Waals surface area contributed by atoms with Gasteiger partial charge in [0.25, 0.3) is 0 Å². The molecule has 5 nitrogen and oxygen atoms in total. The molecule has 2 heterocycles. The van der Waals surface area contributed by atoms with Crippen LogP contribution in [0.5, 0.6) is 0 Å². The summed E-state index contributed by atoms with van der Waals surface area (Å²) in [4.78, 5) is 31.7. The van der Waals surface area contributed by atoms with Crippen LogP contribution in [0.4, 0.5) is 9.52 Å². The molecule has 0 spiro atoms. The van der Waals surface area contributed by atoms with Crippen molar-refractivity contribution >= 4 is 28.3 Å². The number of carbonyl (C=O) groups is 2. The van der Waals surface area contributed by atoms with Gasteiger partial charge in [0, 0.05) is 29.4 Å². The molecule has 1 N–H and O–H groups in total. The lowest BCUT2D eigenvalue weighted by Crippen LogP contribution is -2.29. The van der Waals surface area contributed by atoms with Gasteiger partial charge in [0.15, 0.2) is 5.13 Å². The van der Waals surface area contributed by atoms with Gasteiger partial charge in [-0.25, -0.2) is 9.37 Å². The van der Waals surface area contributed by atoms with E-state index in [1.807, 2.05) is 11.8 Å². The number of thiazole rings is 1. The Morgan fingerprint density at radius 2 is 2.04 bits per heavy atom. The van der Waals surface area contributed by atoms with Crippen molar-refractivity contribution in [2.45, 2.75) is 32.2 Å². The highest BCUT2D eigenvalue weighted by atomic mass is 32.1. The Morgan fingerprint density at radius 1 is 1.32 bits per heavy atom. The molecular weight excluding hydrogens is 341 g/mol. The highest BCUT2D eigenvalue weighted by Crippen LogP contribution is 2.34. The van der Waals surface area contributed by atoms with E-state index < -0.39 is 0 Å². The molecule has 2 aromatic rings. The molecule has 1 aromatic heterocycles. The number of benzene rings is 1. The topological polar surface area (TPSA) is 62.3 Å². The summed E-state index contributed by atoms with van der Waals surface area (Å²) in [5.74, 6) is -0.691. The second-order valence-corrected chi connectivity index (χ2v) is 7.80. The Hall–Kier alpha value is -2.28. The van der Waals surface area contributed by atoms with E-state index in [1.165, 1.54) is 23.5 Å². The third-order valence-electron chi connectivity index (χ3n) is 4.66. The first-order valence-electron chi connectivity index (χ1n) is 8.35. The fourth-order valence-electron chi connectivity index (χ4n) is 3.18. The Balaban J connectivity index is 1.46. The van der Waals surface area contributed by atoms with Crippen LogP contribution in [0, 0.1) is 18.7 Å². The van der Waals surface area contributed by atoms with E-state index >= 15 is 0 Å². The van der Waals surface area contributed by atoms with Crippen molar-refractivity contribution < 1.29 is 14.0 Å². The predicted octanol–water partition coefficient (Wildman–Crippen LogP) is 3.21. The molecule has 1 atom stereocenters. The van der Waals surface area contributed by atoms with E-state index in [-0.39, 0.29) is 30.0 Å². The molecule has 2 fully saturated rings. The van der Waals surface area contributed by atoms with Gasteiger partial charge in [0.05, 0.1) is 11.6 Å². The molecule has 1 saturated heterocycles. The number of hydrogen-bond acceptors (Lipinski definition) is 4. The molecule has 2 aliphatic rings. The first kappa shape index (κ1) is 16.2. The van der Waals surface area contributed by atoms with Gasteiger partial charge in [0.2, 0.25) is 11.8 Å². The summed E-state index contributed by atoms with van der Waals surface area (Å²) in [6, 6.07) is 6.47. The van der Waals surface area contributed by atoms with E-state index in [0.29, 0.717) is 17.7 Å². The number of aryl methyl sites for hydroxylation is 1. The first-order chi connectivity index (χ1) is 12.0. The van der Waals surface area contributed by atoms with E-state index in [0.717, 1.165) is 29.0 Å². The molecule has 1 aromatic carbocycles. The minimum absolute atomic E-state index is 0.0740. The van der Waals surface area contributed by atoms with Gasteiger partial charge in [-0.1, -0.05) is 0 Å². The van der Waals surface area contributed by atoms with Crippen molar-refractivity contribution in [2.75, 3.05) is 11.9 Å². The lowest BCUT2D eigenvalue weighted by molar-refractivity contribution is -0.128. The number of hydrogen-bond donors (Lipinski definition) is 1. The molecule has 4 rings (SSSR count). The SMILES string of the molecule is Cc1sc(NC(=O)[C@H]2CC(=O)N(C3CC3)C2)nc1-c1ccc(F)cc1. The van der Waals surface area contributed by atoms with Crippen LogP contribution in [-0.2, 0) is 9.59 Å². The molecule has 0 radical (unpaired) electrons. The van der Waals surface area contributed by atoms with Gasteiger partial charge < -0.3 is 10.2 Å². The summed E-state index contributed by atoms with van der Waals surface area (Å²) in [5.41, 5.74) is 1.55. The minimum atomic E-state index is -0.313. The van der Waals surface area contributed by atoms with Crippen LogP contribution >= 0.6 is 11.3 Å². The molecule has 0 bridgehead atoms. The lowest BCUT2D eigenvalue weighted by Gasteiger charge is -2.14. The molecule has 1 saturated carbocycles. The zero-order chi connectivity index (χ0) is 17.6. The molecule has 0 unspecified atom stereocenters. The van der Waals surface area contributed by atoms with Gasteiger partial charge in [-0.15, -0.1) is 11.3 Å². The summed E-state index contributed by atoms with van der Waals surface area (Å²) >= 11 is 1.39. The monoisotopic (exact) mass is 359 g/mol. The van der Waals surface area contributed by atoms with Gasteiger partial charge in [-0.3, -0.25) is 9.59 Å². The molecule has 130 valence electrons. The van der Waals surface area contributed by atoms with Crippen molar-refractivity contribution in [3.63, 3.8) is 0 Å². The second kappa shape index (κ2) is 6.22. The number of nitrogens with one attached hydrogen (secondary N) is 1. The summed E-state index contributed by atoms with van der Waals surface area (Å²) in [6.07, 6.45) is 2.37. The van der Waals surface area contributed by atoms with E-state index in [2.05, 4.69) is 10.3 Å². The molecule has 25 heavy (non-hydrogen) atoms. The fraction of sp³-hybridized carbons (Fsp3) is 0.389. The third kappa shape index (κ3) is 3.28. The maximum atomic E-state index is 13.1. The fourth-order valence-corrected chi connectivity index (χ4v) is 4.02. The van der Waals surface area contributed by atoms with Gasteiger partial charge >= 0.3 is 0 Å². The quantitative estimate of drug-likeness (QED) is 0.912. The van der Waals surface area contributed by atoms with Crippen LogP contribution in [0.1, 0.15) is 24.1 Å². The number of aromatic nitrogens is 1. The van der Waals surface area contributed by atoms with Crippen LogP contribution in [-0.4, -0.2) is 34.3 Å². The summed E-state index contributed by atoms with van der Waals surface area (Å²) in [6.45, 7) is 2.42. The molecular formula is C18H18FN3O2S. The average Bonchev–Trinajstić information content (AvgIpc) is 3.25. The molecule has 1 aliphatic heterocycles. The second-order valence-electron chi connectivity index (χ2n) is 6.60. The van der Waals surface area contributed by atoms with Crippen LogP contribution in [0.25, 0.3) is 11.3 Å². The minimum Gasteiger partial charge on any atom is -0.339 e. The molecule has 1 aliphatic carbocycles. The first-order valence-corrected chi connectivity index (χ1v) is 9.16. The van der Waals surface area contributed by atoms with Crippen molar-refractivity contribution in [1.82, 2.24) is 9.88 Å². The number of likely N-dealkylation sites (tertiary alicyclic amines) is 1. The maximum Gasteiger partial charge on any atom is 0.231 e. The van der Waals surface area contributed by atoms with Crippen LogP contribution < -0.4 is 5.32 Å². The Morgan fingerprint density at radius 3 is 2.72 bits per heavy atom. The van der Waals surface area contributed by atoms with Crippen molar-refractivity contribution in [3.8, 4) is 11.3 Å². The van der Waals surface area contributed by atoms with Crippen molar-refractivity contribution in [2.24, 2.45) is 5.92 Å². The highest BCUT2D eigenvalue weighted by Gasteiger charge is 2.41. The number of anilines is 1. The van der Waals surface area contributed by atoms with Gasteiger partial charge in [0.1, 0.15) is 5.82 Å². The number of nitrogens with zero attached hydrogens (tertiary/aromatic N) is 2. The lowest BCUT2D eigenvalue weighted by atomic mass is 10.1. The van der Waals surface area contributed by atoms with E-state index in [4.69, 9.17) is 0 Å². The summed E-state index contributed by atoms with van der Waals surface area (Å²) < 4.78 is 13.1. The number of rotatable bonds is 4. The zero-order valence-electron chi connectivity index (χ0n) is 13.8. The summed E-state index contributed by atoms with van der Waals surface area (Å²) in [5, 5.41) is 3.36. The molecule has 7 heteroatoms. The van der Waals surface area contributed by atoms with Crippen molar-refractivity contribution in [3.05, 3.63) is 35.0 Å². The normalized spacial score (nSPS) is 20.2. The third-order valence-corrected chi connectivity index (χ3v) is 5.55. The highest BCUT2D eigenvalue weighted by molar-refractivity contribution is 7.16. The average molecular weight is 359 g/mol. The zero-order valence-corrected chi connectivity index (χ0v) is 14.6. The maximum absolute atomic E-state index is 13.1. The van der Waals surface area contributed by atoms with E-state index in [9.17, 15) is 14.0 Å². The van der Waals surface area contributed by atoms with Gasteiger partial charge in [-0.2, -0.15) is 0 Å². The largest absolute Gasteiger partial charge is 0.339 e. The Labute approximate surface area is 148 Å². The Kier molecular flexibility index (Phi) is 4.03. The number of amides is 2. The van der Waals surface area contributed by atoms with Crippen LogP contribution in [0.15, 0.2) is 24.3 Å². The smallest absolute Gasteiger partial charge is 0.231 e. The Bertz CT molecular complexity index is 829. The standard InChI is InChI=1S/C18H18FN3O2S/c1-10-16(11-2-4-13(19)5-3-11)20-18(25-10)21-17(24)12-8-15(23)22(9-12)14-6-7-14/h2-5,12,14H,6-9H2,1H3,(H,20,21,24)/t12-/m0/s1. The number of halogens is 1. The van der Waals surface area contributed by atoms with Crippen molar-refractivity contribution in [1.29, 1.82) is 0 Å². The number of carbonyl (C=O) groups excluding carboxylic acids is 2.